The van der Waals surface area contributed by atoms with Crippen LogP contribution in [0.25, 0.3) is 11.0 Å². The molecule has 11 heavy (non-hydrogen) atoms. The maximum absolute atomic E-state index is 5.68. The van der Waals surface area contributed by atoms with E-state index in [1.165, 1.54) is 6.33 Å². The number of fused-ring (bicyclic) bond motifs is 1. The summed E-state index contributed by atoms with van der Waals surface area (Å²) in [5.74, 6) is 0.332. The number of nitrogens with one attached hydrogen (secondary N) is 1. The molecule has 0 saturated carbocycles. The Hall–Kier alpha value is -1.36. The lowest BCUT2D eigenvalue weighted by Gasteiger charge is -1.89. The number of halogens is 1. The van der Waals surface area contributed by atoms with Gasteiger partial charge in [0.05, 0.1) is 0 Å². The van der Waals surface area contributed by atoms with Crippen molar-refractivity contribution in [2.24, 2.45) is 0 Å². The zero-order chi connectivity index (χ0) is 7.84. The van der Waals surface area contributed by atoms with Crippen molar-refractivity contribution in [3.05, 3.63) is 11.5 Å². The minimum atomic E-state index is 0.332. The number of H-pyrrole nitrogens is 1. The summed E-state index contributed by atoms with van der Waals surface area (Å²) in [7, 11) is 0. The van der Waals surface area contributed by atoms with Gasteiger partial charge in [-0.05, 0) is 0 Å². The number of aromatic amines is 1. The first-order valence-electron chi connectivity index (χ1n) is 2.89. The van der Waals surface area contributed by atoms with Gasteiger partial charge in [-0.25, -0.2) is 9.97 Å². The average Bonchev–Trinajstić information content (AvgIpc) is 2.35. The van der Waals surface area contributed by atoms with Crippen LogP contribution in [-0.4, -0.2) is 20.2 Å². The molecule has 0 unspecified atom stereocenters. The monoisotopic (exact) mass is 169 g/mol. The number of nitrogen functional groups attached to an aromatic ring is 1. The highest BCUT2D eigenvalue weighted by Crippen LogP contribution is 2.19. The second-order valence-corrected chi connectivity index (χ2v) is 2.37. The Morgan fingerprint density at radius 1 is 1.36 bits per heavy atom. The summed E-state index contributed by atoms with van der Waals surface area (Å²) >= 11 is 5.68. The molecule has 0 aliphatic carbocycles. The minimum absolute atomic E-state index is 0.332. The molecule has 0 atom stereocenters. The first kappa shape index (κ1) is 6.36. The summed E-state index contributed by atoms with van der Waals surface area (Å²) < 4.78 is 0. The molecule has 0 aromatic carbocycles. The van der Waals surface area contributed by atoms with E-state index in [2.05, 4.69) is 20.2 Å². The van der Waals surface area contributed by atoms with E-state index < -0.39 is 0 Å². The van der Waals surface area contributed by atoms with Gasteiger partial charge in [-0.3, -0.25) is 5.10 Å². The first-order chi connectivity index (χ1) is 5.29. The number of hydrogen-bond acceptors (Lipinski definition) is 4. The van der Waals surface area contributed by atoms with Crippen molar-refractivity contribution < 1.29 is 0 Å². The molecule has 0 radical (unpaired) electrons. The highest BCUT2D eigenvalue weighted by Gasteiger charge is 2.06. The topological polar surface area (TPSA) is 80.5 Å². The van der Waals surface area contributed by atoms with Gasteiger partial charge in [0.2, 0.25) is 0 Å². The van der Waals surface area contributed by atoms with Gasteiger partial charge in [-0.2, -0.15) is 5.10 Å². The van der Waals surface area contributed by atoms with Crippen molar-refractivity contribution in [3.63, 3.8) is 0 Å². The molecular weight excluding hydrogens is 166 g/mol. The van der Waals surface area contributed by atoms with E-state index in [0.29, 0.717) is 22.0 Å². The van der Waals surface area contributed by atoms with Crippen molar-refractivity contribution in [3.8, 4) is 0 Å². The molecule has 0 aliphatic rings. The molecule has 0 saturated heterocycles. The molecule has 0 aliphatic heterocycles. The molecule has 5 nitrogen and oxygen atoms in total. The molecule has 2 heterocycles. The molecule has 0 bridgehead atoms. The van der Waals surface area contributed by atoms with Crippen molar-refractivity contribution in [2.45, 2.75) is 0 Å². The molecule has 0 amide bonds. The summed E-state index contributed by atoms with van der Waals surface area (Å²) in [5.41, 5.74) is 6.54. The second-order valence-electron chi connectivity index (χ2n) is 1.99. The molecule has 0 spiro atoms. The number of rotatable bonds is 0. The fourth-order valence-corrected chi connectivity index (χ4v) is 1.00. The summed E-state index contributed by atoms with van der Waals surface area (Å²) in [6, 6.07) is 0. The molecule has 2 aromatic rings. The van der Waals surface area contributed by atoms with Crippen LogP contribution in [0.15, 0.2) is 6.33 Å². The Bertz CT molecular complexity index is 395. The normalized spacial score (nSPS) is 10.6. The van der Waals surface area contributed by atoms with Gasteiger partial charge in [-0.1, -0.05) is 11.6 Å². The fraction of sp³-hybridized carbons (Fsp3) is 0. The number of anilines is 1. The largest absolute Gasteiger partial charge is 0.382 e. The van der Waals surface area contributed by atoms with Crippen LogP contribution in [0.5, 0.6) is 0 Å². The zero-order valence-corrected chi connectivity index (χ0v) is 6.13. The Balaban J connectivity index is 2.94. The lowest BCUT2D eigenvalue weighted by Crippen LogP contribution is -1.91. The summed E-state index contributed by atoms with van der Waals surface area (Å²) in [6.45, 7) is 0. The predicted molar refractivity (Wildman–Crippen MR) is 41.1 cm³/mol. The van der Waals surface area contributed by atoms with Crippen LogP contribution in [0.1, 0.15) is 0 Å². The van der Waals surface area contributed by atoms with Crippen molar-refractivity contribution in [1.29, 1.82) is 0 Å². The van der Waals surface area contributed by atoms with Crippen LogP contribution < -0.4 is 5.73 Å². The molecular formula is C5H4ClN5. The Morgan fingerprint density at radius 2 is 2.18 bits per heavy atom. The zero-order valence-electron chi connectivity index (χ0n) is 5.37. The lowest BCUT2D eigenvalue weighted by molar-refractivity contribution is 1.12. The number of nitrogens with zero attached hydrogens (tertiary/aromatic N) is 3. The number of aromatic nitrogens is 4. The molecule has 6 heteroatoms. The van der Waals surface area contributed by atoms with Crippen molar-refractivity contribution >= 4 is 28.5 Å². The Labute approximate surface area is 66.6 Å². The van der Waals surface area contributed by atoms with Crippen molar-refractivity contribution in [1.82, 2.24) is 20.2 Å². The third-order valence-corrected chi connectivity index (χ3v) is 1.59. The highest BCUT2D eigenvalue weighted by molar-refractivity contribution is 6.33. The fourth-order valence-electron chi connectivity index (χ4n) is 0.821. The number of hydrogen-bond donors (Lipinski definition) is 2. The SMILES string of the molecule is Nc1ncnc2c(Cl)[nH]nc12. The second kappa shape index (κ2) is 2.06. The first-order valence-corrected chi connectivity index (χ1v) is 3.27. The van der Waals surface area contributed by atoms with Crippen LogP contribution in [0.3, 0.4) is 0 Å². The predicted octanol–water partition coefficient (Wildman–Crippen LogP) is 0.589. The van der Waals surface area contributed by atoms with E-state index in [4.69, 9.17) is 17.3 Å². The van der Waals surface area contributed by atoms with E-state index in [0.717, 1.165) is 0 Å². The molecule has 56 valence electrons. The van der Waals surface area contributed by atoms with Gasteiger partial charge in [0, 0.05) is 0 Å². The summed E-state index contributed by atoms with van der Waals surface area (Å²) in [4.78, 5) is 7.63. The molecule has 2 aromatic heterocycles. The third kappa shape index (κ3) is 0.813. The van der Waals surface area contributed by atoms with Gasteiger partial charge >= 0.3 is 0 Å². The van der Waals surface area contributed by atoms with Gasteiger partial charge < -0.3 is 5.73 Å². The summed E-state index contributed by atoms with van der Waals surface area (Å²) in [6.07, 6.45) is 1.35. The average molecular weight is 170 g/mol. The van der Waals surface area contributed by atoms with Gasteiger partial charge in [0.1, 0.15) is 11.8 Å². The minimum Gasteiger partial charge on any atom is -0.382 e. The van der Waals surface area contributed by atoms with E-state index in [1.807, 2.05) is 0 Å². The maximum Gasteiger partial charge on any atom is 0.155 e. The quantitative estimate of drug-likeness (QED) is 0.605. The lowest BCUT2D eigenvalue weighted by atomic mass is 10.4. The highest BCUT2D eigenvalue weighted by atomic mass is 35.5. The van der Waals surface area contributed by atoms with E-state index in [9.17, 15) is 0 Å². The molecule has 0 fully saturated rings. The van der Waals surface area contributed by atoms with Crippen LogP contribution in [0, 0.1) is 0 Å². The molecule has 3 N–H and O–H groups in total. The van der Waals surface area contributed by atoms with Crippen LogP contribution in [0.4, 0.5) is 5.82 Å². The Kier molecular flexibility index (Phi) is 1.19. The maximum atomic E-state index is 5.68. The van der Waals surface area contributed by atoms with Gasteiger partial charge in [-0.15, -0.1) is 0 Å². The van der Waals surface area contributed by atoms with Crippen molar-refractivity contribution in [2.75, 3.05) is 5.73 Å². The van der Waals surface area contributed by atoms with E-state index in [1.54, 1.807) is 0 Å². The smallest absolute Gasteiger partial charge is 0.155 e. The van der Waals surface area contributed by atoms with Gasteiger partial charge in [0.15, 0.2) is 16.5 Å². The van der Waals surface area contributed by atoms with Gasteiger partial charge in [0.25, 0.3) is 0 Å². The Morgan fingerprint density at radius 3 is 2.91 bits per heavy atom. The third-order valence-electron chi connectivity index (χ3n) is 1.32. The van der Waals surface area contributed by atoms with Crippen LogP contribution >= 0.6 is 11.6 Å². The van der Waals surface area contributed by atoms with Crippen LogP contribution in [-0.2, 0) is 0 Å². The summed E-state index contributed by atoms with van der Waals surface area (Å²) in [5, 5.41) is 6.74. The number of nitrogens with two attached hydrogens (primary N) is 1. The standard InChI is InChI=1S/C5H4ClN5/c6-4-2-3(10-11-4)5(7)9-1-8-2/h1H,(H,10,11)(H2,7,8,9). The molecule has 2 rings (SSSR count). The van der Waals surface area contributed by atoms with E-state index in [-0.39, 0.29) is 0 Å². The van der Waals surface area contributed by atoms with Crippen LogP contribution in [0.2, 0.25) is 5.15 Å². The van der Waals surface area contributed by atoms with E-state index >= 15 is 0 Å².